The summed E-state index contributed by atoms with van der Waals surface area (Å²) >= 11 is 5.75. The molecule has 0 atom stereocenters. The van der Waals surface area contributed by atoms with Crippen LogP contribution in [0.2, 0.25) is 5.02 Å². The van der Waals surface area contributed by atoms with E-state index in [1.807, 2.05) is 0 Å². The molecule has 0 amide bonds. The number of hydrogen-bond donors (Lipinski definition) is 0. The number of ketones is 1. The Morgan fingerprint density at radius 1 is 1.16 bits per heavy atom. The van der Waals surface area contributed by atoms with Crippen LogP contribution in [0.25, 0.3) is 0 Å². The zero-order chi connectivity index (χ0) is 13.8. The Morgan fingerprint density at radius 2 is 1.89 bits per heavy atom. The summed E-state index contributed by atoms with van der Waals surface area (Å²) in [4.78, 5) is 11.7. The minimum absolute atomic E-state index is 0.331. The Balaban J connectivity index is 2.08. The van der Waals surface area contributed by atoms with E-state index in [1.165, 1.54) is 18.2 Å². The van der Waals surface area contributed by atoms with E-state index in [-0.39, 0.29) is 12.2 Å². The zero-order valence-corrected chi connectivity index (χ0v) is 10.5. The second kappa shape index (κ2) is 5.80. The Hall–Kier alpha value is -1.94. The van der Waals surface area contributed by atoms with Gasteiger partial charge in [-0.2, -0.15) is 0 Å². The van der Waals surface area contributed by atoms with E-state index < -0.39 is 17.4 Å². The number of hydrogen-bond acceptors (Lipinski definition) is 2. The summed E-state index contributed by atoms with van der Waals surface area (Å²) in [6.45, 7) is -0.388. The molecule has 2 aromatic carbocycles. The van der Waals surface area contributed by atoms with E-state index in [0.717, 1.165) is 6.07 Å². The topological polar surface area (TPSA) is 26.3 Å². The average molecular weight is 283 g/mol. The van der Waals surface area contributed by atoms with Crippen molar-refractivity contribution in [2.45, 2.75) is 0 Å². The summed E-state index contributed by atoms with van der Waals surface area (Å²) in [6, 6.07) is 9.88. The summed E-state index contributed by atoms with van der Waals surface area (Å²) < 4.78 is 31.5. The van der Waals surface area contributed by atoms with Crippen LogP contribution in [0, 0.1) is 11.6 Å². The first-order valence-electron chi connectivity index (χ1n) is 5.43. The fraction of sp³-hybridized carbons (Fsp3) is 0.0714. The Morgan fingerprint density at radius 3 is 2.63 bits per heavy atom. The summed E-state index contributed by atoms with van der Waals surface area (Å²) in [7, 11) is 0. The van der Waals surface area contributed by atoms with E-state index in [9.17, 15) is 13.6 Å². The van der Waals surface area contributed by atoms with Crippen molar-refractivity contribution in [3.8, 4) is 5.75 Å². The van der Waals surface area contributed by atoms with Crippen LogP contribution in [0.1, 0.15) is 10.4 Å². The van der Waals surface area contributed by atoms with E-state index in [4.69, 9.17) is 16.3 Å². The first kappa shape index (κ1) is 13.5. The number of rotatable bonds is 4. The smallest absolute Gasteiger partial charge is 0.203 e. The highest BCUT2D eigenvalue weighted by atomic mass is 35.5. The predicted octanol–water partition coefficient (Wildman–Crippen LogP) is 3.88. The minimum atomic E-state index is -1.16. The van der Waals surface area contributed by atoms with Gasteiger partial charge >= 0.3 is 0 Å². The molecule has 2 nitrogen and oxygen atoms in total. The molecule has 0 heterocycles. The summed E-state index contributed by atoms with van der Waals surface area (Å²) in [5.41, 5.74) is -0.331. The molecule has 0 aliphatic rings. The molecular formula is C14H9ClF2O2. The van der Waals surface area contributed by atoms with Crippen molar-refractivity contribution in [3.05, 3.63) is 64.7 Å². The molecule has 0 aliphatic carbocycles. The lowest BCUT2D eigenvalue weighted by Gasteiger charge is -2.06. The highest BCUT2D eigenvalue weighted by Gasteiger charge is 2.15. The van der Waals surface area contributed by atoms with Crippen molar-refractivity contribution < 1.29 is 18.3 Å². The number of halogens is 3. The molecule has 0 N–H and O–H groups in total. The molecule has 2 aromatic rings. The normalized spacial score (nSPS) is 10.3. The van der Waals surface area contributed by atoms with Crippen LogP contribution in [0.5, 0.6) is 5.75 Å². The van der Waals surface area contributed by atoms with Gasteiger partial charge in [0, 0.05) is 5.02 Å². The molecule has 0 saturated carbocycles. The van der Waals surface area contributed by atoms with Crippen LogP contribution in [0.3, 0.4) is 0 Å². The summed E-state index contributed by atoms with van der Waals surface area (Å²) in [6.07, 6.45) is 0. The summed E-state index contributed by atoms with van der Waals surface area (Å²) in [5.74, 6) is -2.48. The quantitative estimate of drug-likeness (QED) is 0.796. The van der Waals surface area contributed by atoms with Crippen LogP contribution in [-0.2, 0) is 0 Å². The Bertz CT molecular complexity index is 614. The van der Waals surface area contributed by atoms with Gasteiger partial charge in [0.1, 0.15) is 5.75 Å². The fourth-order valence-corrected chi connectivity index (χ4v) is 1.68. The van der Waals surface area contributed by atoms with Gasteiger partial charge < -0.3 is 4.74 Å². The molecule has 0 aromatic heterocycles. The monoisotopic (exact) mass is 282 g/mol. The lowest BCUT2D eigenvalue weighted by molar-refractivity contribution is 0.0916. The molecular weight excluding hydrogens is 274 g/mol. The van der Waals surface area contributed by atoms with Crippen molar-refractivity contribution in [1.82, 2.24) is 0 Å². The lowest BCUT2D eigenvalue weighted by Crippen LogP contribution is -2.14. The van der Waals surface area contributed by atoms with Crippen LogP contribution in [0.4, 0.5) is 8.78 Å². The van der Waals surface area contributed by atoms with Gasteiger partial charge in [-0.3, -0.25) is 4.79 Å². The Labute approximate surface area is 113 Å². The van der Waals surface area contributed by atoms with Gasteiger partial charge in [-0.25, -0.2) is 8.78 Å². The number of benzene rings is 2. The van der Waals surface area contributed by atoms with Gasteiger partial charge in [-0.1, -0.05) is 23.7 Å². The fourth-order valence-electron chi connectivity index (χ4n) is 1.50. The second-order valence-electron chi connectivity index (χ2n) is 3.77. The molecule has 0 bridgehead atoms. The van der Waals surface area contributed by atoms with Gasteiger partial charge in [0.05, 0.1) is 5.56 Å². The SMILES string of the molecule is O=C(COc1cccc(Cl)c1)c1cccc(F)c1F. The van der Waals surface area contributed by atoms with Gasteiger partial charge in [0.2, 0.25) is 5.78 Å². The standard InChI is InChI=1S/C14H9ClF2O2/c15-9-3-1-4-10(7-9)19-8-13(18)11-5-2-6-12(16)14(11)17/h1-7H,8H2. The maximum Gasteiger partial charge on any atom is 0.203 e. The Kier molecular flexibility index (Phi) is 4.12. The molecule has 98 valence electrons. The highest BCUT2D eigenvalue weighted by molar-refractivity contribution is 6.30. The number of ether oxygens (including phenoxy) is 1. The second-order valence-corrected chi connectivity index (χ2v) is 4.21. The third-order valence-electron chi connectivity index (χ3n) is 2.42. The zero-order valence-electron chi connectivity index (χ0n) is 9.70. The van der Waals surface area contributed by atoms with Crippen molar-refractivity contribution in [3.63, 3.8) is 0 Å². The molecule has 19 heavy (non-hydrogen) atoms. The molecule has 0 fully saturated rings. The number of carbonyl (C=O) groups excluding carboxylic acids is 1. The van der Waals surface area contributed by atoms with E-state index >= 15 is 0 Å². The molecule has 0 aliphatic heterocycles. The van der Waals surface area contributed by atoms with Crippen molar-refractivity contribution in [2.75, 3.05) is 6.61 Å². The van der Waals surface area contributed by atoms with Crippen LogP contribution in [0.15, 0.2) is 42.5 Å². The summed E-state index contributed by atoms with van der Waals surface area (Å²) in [5, 5.41) is 0.460. The minimum Gasteiger partial charge on any atom is -0.485 e. The van der Waals surface area contributed by atoms with Crippen LogP contribution < -0.4 is 4.74 Å². The van der Waals surface area contributed by atoms with E-state index in [1.54, 1.807) is 18.2 Å². The molecule has 0 radical (unpaired) electrons. The average Bonchev–Trinajstić information content (AvgIpc) is 2.39. The van der Waals surface area contributed by atoms with Gasteiger partial charge in [-0.05, 0) is 30.3 Å². The third kappa shape index (κ3) is 3.29. The third-order valence-corrected chi connectivity index (χ3v) is 2.65. The number of carbonyl (C=O) groups is 1. The molecule has 2 rings (SSSR count). The van der Waals surface area contributed by atoms with Gasteiger partial charge in [0.25, 0.3) is 0 Å². The largest absolute Gasteiger partial charge is 0.485 e. The van der Waals surface area contributed by atoms with E-state index in [2.05, 4.69) is 0 Å². The van der Waals surface area contributed by atoms with Gasteiger partial charge in [0.15, 0.2) is 18.2 Å². The maximum absolute atomic E-state index is 13.4. The van der Waals surface area contributed by atoms with Crippen LogP contribution in [-0.4, -0.2) is 12.4 Å². The predicted molar refractivity (Wildman–Crippen MR) is 67.6 cm³/mol. The highest BCUT2D eigenvalue weighted by Crippen LogP contribution is 2.18. The molecule has 0 spiro atoms. The number of Topliss-reactive ketones (excluding diaryl/α,β-unsaturated/α-hetero) is 1. The molecule has 0 unspecified atom stereocenters. The van der Waals surface area contributed by atoms with Crippen molar-refractivity contribution in [2.24, 2.45) is 0 Å². The van der Waals surface area contributed by atoms with Crippen LogP contribution >= 0.6 is 11.6 Å². The van der Waals surface area contributed by atoms with Gasteiger partial charge in [-0.15, -0.1) is 0 Å². The molecule has 5 heteroatoms. The maximum atomic E-state index is 13.4. The van der Waals surface area contributed by atoms with Crippen molar-refractivity contribution in [1.29, 1.82) is 0 Å². The van der Waals surface area contributed by atoms with Crippen molar-refractivity contribution >= 4 is 17.4 Å². The first-order valence-corrected chi connectivity index (χ1v) is 5.81. The lowest BCUT2D eigenvalue weighted by atomic mass is 10.1. The molecule has 0 saturated heterocycles. The first-order chi connectivity index (χ1) is 9.08. The van der Waals surface area contributed by atoms with E-state index in [0.29, 0.717) is 10.8 Å².